The summed E-state index contributed by atoms with van der Waals surface area (Å²) in [6, 6.07) is 13.8. The lowest BCUT2D eigenvalue weighted by Gasteiger charge is -2.26. The number of fused-ring (bicyclic) bond motifs is 1. The van der Waals surface area contributed by atoms with E-state index in [4.69, 9.17) is 11.6 Å². The molecule has 1 aliphatic carbocycles. The van der Waals surface area contributed by atoms with Crippen molar-refractivity contribution in [3.8, 4) is 0 Å². The molecular weight excluding hydrogens is 350 g/mol. The van der Waals surface area contributed by atoms with Gasteiger partial charge in [-0.05, 0) is 42.2 Å². The van der Waals surface area contributed by atoms with E-state index in [-0.39, 0.29) is 11.9 Å². The molecule has 2 aromatic rings. The Morgan fingerprint density at radius 3 is 2.86 bits per heavy atom. The molecule has 0 N–H and O–H groups in total. The van der Waals surface area contributed by atoms with Crippen molar-refractivity contribution in [2.45, 2.75) is 18.9 Å². The van der Waals surface area contributed by atoms with Gasteiger partial charge in [-0.2, -0.15) is 0 Å². The van der Waals surface area contributed by atoms with Gasteiger partial charge in [-0.15, -0.1) is 0 Å². The maximum atomic E-state index is 12.7. The normalized spacial score (nSPS) is 16.6. The zero-order chi connectivity index (χ0) is 15.0. The Hall–Kier alpha value is -1.32. The molecule has 0 aliphatic heterocycles. The first-order chi connectivity index (χ1) is 10.1. The minimum Gasteiger partial charge on any atom is -0.335 e. The Morgan fingerprint density at radius 2 is 2.05 bits per heavy atom. The smallest absolute Gasteiger partial charge is 0.255 e. The lowest BCUT2D eigenvalue weighted by Crippen LogP contribution is -2.30. The summed E-state index contributed by atoms with van der Waals surface area (Å²) in [4.78, 5) is 14.5. The summed E-state index contributed by atoms with van der Waals surface area (Å²) in [7, 11) is 1.85. The molecular formula is C17H15BrClNO. The van der Waals surface area contributed by atoms with Gasteiger partial charge in [-0.3, -0.25) is 4.79 Å². The molecule has 2 aromatic carbocycles. The first-order valence-electron chi connectivity index (χ1n) is 6.88. The molecule has 0 saturated carbocycles. The van der Waals surface area contributed by atoms with E-state index in [1.54, 1.807) is 17.0 Å². The van der Waals surface area contributed by atoms with E-state index in [0.29, 0.717) is 10.6 Å². The van der Waals surface area contributed by atoms with E-state index in [1.165, 1.54) is 11.1 Å². The van der Waals surface area contributed by atoms with Crippen molar-refractivity contribution in [2.75, 3.05) is 7.05 Å². The van der Waals surface area contributed by atoms with Crippen LogP contribution < -0.4 is 0 Å². The third-order valence-electron chi connectivity index (χ3n) is 4.05. The van der Waals surface area contributed by atoms with Gasteiger partial charge in [0, 0.05) is 11.5 Å². The Labute approximate surface area is 137 Å². The van der Waals surface area contributed by atoms with Crippen LogP contribution in [-0.2, 0) is 6.42 Å². The molecule has 108 valence electrons. The molecule has 1 atom stereocenters. The van der Waals surface area contributed by atoms with Gasteiger partial charge in [0.1, 0.15) is 0 Å². The molecule has 2 nitrogen and oxygen atoms in total. The van der Waals surface area contributed by atoms with E-state index in [2.05, 4.69) is 28.1 Å². The lowest BCUT2D eigenvalue weighted by molar-refractivity contribution is 0.0730. The zero-order valence-electron chi connectivity index (χ0n) is 11.6. The van der Waals surface area contributed by atoms with Crippen LogP contribution in [-0.4, -0.2) is 17.9 Å². The van der Waals surface area contributed by atoms with Crippen molar-refractivity contribution >= 4 is 33.4 Å². The van der Waals surface area contributed by atoms with Crippen molar-refractivity contribution in [2.24, 2.45) is 0 Å². The molecule has 0 heterocycles. The highest BCUT2D eigenvalue weighted by atomic mass is 79.9. The number of carbonyl (C=O) groups excluding carboxylic acids is 1. The minimum absolute atomic E-state index is 0.0389. The number of carbonyl (C=O) groups is 1. The van der Waals surface area contributed by atoms with Gasteiger partial charge in [-0.1, -0.05) is 51.8 Å². The fourth-order valence-corrected chi connectivity index (χ4v) is 3.49. The number of halogens is 2. The Bertz CT molecular complexity index is 701. The topological polar surface area (TPSA) is 20.3 Å². The Kier molecular flexibility index (Phi) is 4.05. The minimum atomic E-state index is -0.0389. The second-order valence-corrected chi connectivity index (χ2v) is 6.62. The summed E-state index contributed by atoms with van der Waals surface area (Å²) in [5, 5.41) is 0.487. The van der Waals surface area contributed by atoms with Gasteiger partial charge in [-0.25, -0.2) is 0 Å². The van der Waals surface area contributed by atoms with Gasteiger partial charge in [0.05, 0.1) is 16.6 Å². The summed E-state index contributed by atoms with van der Waals surface area (Å²) in [6.45, 7) is 0. The highest BCUT2D eigenvalue weighted by Gasteiger charge is 2.29. The molecule has 1 aliphatic rings. The largest absolute Gasteiger partial charge is 0.335 e. The van der Waals surface area contributed by atoms with Crippen LogP contribution in [0.3, 0.4) is 0 Å². The molecule has 21 heavy (non-hydrogen) atoms. The van der Waals surface area contributed by atoms with Crippen molar-refractivity contribution < 1.29 is 4.79 Å². The van der Waals surface area contributed by atoms with Crippen LogP contribution in [0.15, 0.2) is 46.9 Å². The summed E-state index contributed by atoms with van der Waals surface area (Å²) >= 11 is 9.57. The molecule has 0 fully saturated rings. The fourth-order valence-electron chi connectivity index (χ4n) is 2.93. The van der Waals surface area contributed by atoms with Gasteiger partial charge >= 0.3 is 0 Å². The number of rotatable bonds is 2. The molecule has 4 heteroatoms. The quantitative estimate of drug-likeness (QED) is 0.745. The highest BCUT2D eigenvalue weighted by molar-refractivity contribution is 9.10. The predicted octanol–water partition coefficient (Wildman–Crippen LogP) is 4.86. The Balaban J connectivity index is 1.91. The van der Waals surface area contributed by atoms with Gasteiger partial charge < -0.3 is 4.90 Å². The average Bonchev–Trinajstić information content (AvgIpc) is 2.92. The number of nitrogens with zero attached hydrogens (tertiary/aromatic N) is 1. The van der Waals surface area contributed by atoms with E-state index in [0.717, 1.165) is 17.3 Å². The zero-order valence-corrected chi connectivity index (χ0v) is 14.0. The van der Waals surface area contributed by atoms with Crippen LogP contribution in [0, 0.1) is 0 Å². The molecule has 0 saturated heterocycles. The van der Waals surface area contributed by atoms with Crippen molar-refractivity contribution in [1.82, 2.24) is 4.90 Å². The number of hydrogen-bond donors (Lipinski definition) is 0. The maximum Gasteiger partial charge on any atom is 0.255 e. The second kappa shape index (κ2) is 5.82. The van der Waals surface area contributed by atoms with Crippen LogP contribution in [0.5, 0.6) is 0 Å². The van der Waals surface area contributed by atoms with Gasteiger partial charge in [0.25, 0.3) is 5.91 Å². The molecule has 1 unspecified atom stereocenters. The molecule has 0 radical (unpaired) electrons. The van der Waals surface area contributed by atoms with Crippen LogP contribution >= 0.6 is 27.5 Å². The van der Waals surface area contributed by atoms with Crippen LogP contribution in [0.25, 0.3) is 0 Å². The third kappa shape index (κ3) is 2.72. The van der Waals surface area contributed by atoms with E-state index in [1.807, 2.05) is 25.2 Å². The fraction of sp³-hybridized carbons (Fsp3) is 0.235. The molecule has 0 aromatic heterocycles. The van der Waals surface area contributed by atoms with E-state index >= 15 is 0 Å². The van der Waals surface area contributed by atoms with E-state index < -0.39 is 0 Å². The number of hydrogen-bond acceptors (Lipinski definition) is 1. The number of benzene rings is 2. The first-order valence-corrected chi connectivity index (χ1v) is 8.05. The molecule has 1 amide bonds. The summed E-state index contributed by atoms with van der Waals surface area (Å²) < 4.78 is 0.857. The highest BCUT2D eigenvalue weighted by Crippen LogP contribution is 2.36. The van der Waals surface area contributed by atoms with Crippen molar-refractivity contribution in [1.29, 1.82) is 0 Å². The van der Waals surface area contributed by atoms with Crippen molar-refractivity contribution in [3.05, 3.63) is 68.7 Å². The van der Waals surface area contributed by atoms with Gasteiger partial charge in [0.15, 0.2) is 0 Å². The summed E-state index contributed by atoms with van der Waals surface area (Å²) in [5.74, 6) is -0.0389. The molecule has 0 spiro atoms. The SMILES string of the molecule is CN(C(=O)c1cc(Br)ccc1Cl)C1CCc2ccccc21. The molecule has 0 bridgehead atoms. The summed E-state index contributed by atoms with van der Waals surface area (Å²) in [5.41, 5.74) is 3.12. The number of aryl methyl sites for hydroxylation is 1. The van der Waals surface area contributed by atoms with E-state index in [9.17, 15) is 4.79 Å². The average molecular weight is 365 g/mol. The lowest BCUT2D eigenvalue weighted by atomic mass is 10.1. The second-order valence-electron chi connectivity index (χ2n) is 5.29. The third-order valence-corrected chi connectivity index (χ3v) is 4.87. The van der Waals surface area contributed by atoms with Crippen LogP contribution in [0.1, 0.15) is 33.9 Å². The van der Waals surface area contributed by atoms with Crippen LogP contribution in [0.4, 0.5) is 0 Å². The summed E-state index contributed by atoms with van der Waals surface area (Å²) in [6.07, 6.45) is 1.98. The first kappa shape index (κ1) is 14.6. The van der Waals surface area contributed by atoms with Gasteiger partial charge in [0.2, 0.25) is 0 Å². The Morgan fingerprint density at radius 1 is 1.29 bits per heavy atom. The van der Waals surface area contributed by atoms with Crippen LogP contribution in [0.2, 0.25) is 5.02 Å². The molecule has 3 rings (SSSR count). The standard InChI is InChI=1S/C17H15BrClNO/c1-20(16-9-6-11-4-2-3-5-13(11)16)17(21)14-10-12(18)7-8-15(14)19/h2-5,7-8,10,16H,6,9H2,1H3. The monoisotopic (exact) mass is 363 g/mol. The van der Waals surface area contributed by atoms with Crippen molar-refractivity contribution in [3.63, 3.8) is 0 Å². The predicted molar refractivity (Wildman–Crippen MR) is 88.7 cm³/mol. The maximum absolute atomic E-state index is 12.7. The number of amides is 1.